The molecule has 0 aliphatic heterocycles. The summed E-state index contributed by atoms with van der Waals surface area (Å²) in [5.74, 6) is 7.04. The van der Waals surface area contributed by atoms with Gasteiger partial charge in [-0.15, -0.1) is 0 Å². The summed E-state index contributed by atoms with van der Waals surface area (Å²) in [6.45, 7) is 6.42. The molecule has 4 nitrogen and oxygen atoms in total. The molecule has 0 unspecified atom stereocenters. The van der Waals surface area contributed by atoms with Gasteiger partial charge in [0.2, 0.25) is 0 Å². The Morgan fingerprint density at radius 2 is 1.93 bits per heavy atom. The number of nitrogen functional groups attached to an aromatic ring is 1. The second kappa shape index (κ2) is 6.24. The Hall–Kier alpha value is -1.29. The summed E-state index contributed by atoms with van der Waals surface area (Å²) in [7, 11) is 0. The molecule has 0 bridgehead atoms. The number of rotatable bonds is 6. The van der Waals surface area contributed by atoms with Gasteiger partial charge in [0.05, 0.1) is 0 Å². The van der Waals surface area contributed by atoms with Gasteiger partial charge in [0, 0.05) is 13.1 Å². The zero-order chi connectivity index (χ0) is 11.1. The molecule has 4 heteroatoms. The van der Waals surface area contributed by atoms with Crippen molar-refractivity contribution in [1.29, 1.82) is 0 Å². The lowest BCUT2D eigenvalue weighted by Gasteiger charge is -2.22. The molecule has 3 N–H and O–H groups in total. The smallest absolute Gasteiger partial charge is 0.142 e. The monoisotopic (exact) mass is 208 g/mol. The van der Waals surface area contributed by atoms with Crippen molar-refractivity contribution in [2.24, 2.45) is 5.84 Å². The number of pyridine rings is 1. The molecular formula is C11H20N4. The van der Waals surface area contributed by atoms with Crippen LogP contribution in [-0.4, -0.2) is 18.1 Å². The molecule has 0 saturated carbocycles. The van der Waals surface area contributed by atoms with E-state index in [-0.39, 0.29) is 0 Å². The lowest BCUT2D eigenvalue weighted by Crippen LogP contribution is -2.26. The minimum Gasteiger partial charge on any atom is -0.357 e. The van der Waals surface area contributed by atoms with Crippen molar-refractivity contribution in [3.05, 3.63) is 18.2 Å². The molecule has 0 radical (unpaired) electrons. The molecule has 0 spiro atoms. The van der Waals surface area contributed by atoms with E-state index in [1.165, 1.54) is 0 Å². The van der Waals surface area contributed by atoms with Gasteiger partial charge in [-0.1, -0.05) is 19.9 Å². The van der Waals surface area contributed by atoms with Gasteiger partial charge in [-0.25, -0.2) is 10.8 Å². The number of hydrogen-bond acceptors (Lipinski definition) is 4. The molecule has 84 valence electrons. The fourth-order valence-corrected chi connectivity index (χ4v) is 1.56. The summed E-state index contributed by atoms with van der Waals surface area (Å²) in [5.41, 5.74) is 2.57. The van der Waals surface area contributed by atoms with Crippen LogP contribution in [-0.2, 0) is 0 Å². The van der Waals surface area contributed by atoms with E-state index < -0.39 is 0 Å². The Kier molecular flexibility index (Phi) is 4.90. The molecule has 0 aromatic carbocycles. The second-order valence-electron chi connectivity index (χ2n) is 3.51. The van der Waals surface area contributed by atoms with Gasteiger partial charge in [0.1, 0.15) is 11.6 Å². The molecule has 15 heavy (non-hydrogen) atoms. The molecule has 1 heterocycles. The van der Waals surface area contributed by atoms with Crippen molar-refractivity contribution >= 4 is 11.6 Å². The van der Waals surface area contributed by atoms with Gasteiger partial charge in [-0.3, -0.25) is 0 Å². The van der Waals surface area contributed by atoms with Crippen LogP contribution >= 0.6 is 0 Å². The minimum absolute atomic E-state index is 0.713. The van der Waals surface area contributed by atoms with E-state index in [2.05, 4.69) is 29.2 Å². The normalized spacial score (nSPS) is 10.1. The summed E-state index contributed by atoms with van der Waals surface area (Å²) in [5, 5.41) is 0. The first kappa shape index (κ1) is 11.8. The number of hydrazine groups is 1. The lowest BCUT2D eigenvalue weighted by atomic mass is 10.3. The highest BCUT2D eigenvalue weighted by atomic mass is 15.3. The predicted molar refractivity (Wildman–Crippen MR) is 64.8 cm³/mol. The minimum atomic E-state index is 0.713. The van der Waals surface area contributed by atoms with Gasteiger partial charge < -0.3 is 10.3 Å². The summed E-state index contributed by atoms with van der Waals surface area (Å²) < 4.78 is 0. The predicted octanol–water partition coefficient (Wildman–Crippen LogP) is 1.99. The van der Waals surface area contributed by atoms with Crippen LogP contribution in [0.4, 0.5) is 11.6 Å². The summed E-state index contributed by atoms with van der Waals surface area (Å²) in [4.78, 5) is 6.70. The maximum absolute atomic E-state index is 5.34. The Balaban J connectivity index is 2.79. The maximum Gasteiger partial charge on any atom is 0.142 e. The number of aromatic nitrogens is 1. The fourth-order valence-electron chi connectivity index (χ4n) is 1.56. The van der Waals surface area contributed by atoms with Crippen molar-refractivity contribution in [1.82, 2.24) is 4.98 Å². The lowest BCUT2D eigenvalue weighted by molar-refractivity contribution is 0.734. The van der Waals surface area contributed by atoms with Crippen molar-refractivity contribution in [3.8, 4) is 0 Å². The summed E-state index contributed by atoms with van der Waals surface area (Å²) in [6, 6.07) is 5.85. The van der Waals surface area contributed by atoms with Gasteiger partial charge in [0.25, 0.3) is 0 Å². The number of nitrogens with zero attached hydrogens (tertiary/aromatic N) is 2. The van der Waals surface area contributed by atoms with Gasteiger partial charge in [-0.2, -0.15) is 0 Å². The summed E-state index contributed by atoms with van der Waals surface area (Å²) >= 11 is 0. The van der Waals surface area contributed by atoms with E-state index in [9.17, 15) is 0 Å². The number of hydrogen-bond donors (Lipinski definition) is 2. The summed E-state index contributed by atoms with van der Waals surface area (Å²) in [6.07, 6.45) is 2.25. The fraction of sp³-hybridized carbons (Fsp3) is 0.545. The van der Waals surface area contributed by atoms with E-state index in [0.29, 0.717) is 5.82 Å². The SMILES string of the molecule is CCCN(CCC)c1cccc(NN)n1. The molecule has 0 amide bonds. The van der Waals surface area contributed by atoms with E-state index in [1.807, 2.05) is 18.2 Å². The Morgan fingerprint density at radius 3 is 2.47 bits per heavy atom. The Bertz CT molecular complexity index is 282. The average molecular weight is 208 g/mol. The van der Waals surface area contributed by atoms with Crippen molar-refractivity contribution < 1.29 is 0 Å². The molecule has 0 aliphatic rings. The first-order chi connectivity index (χ1) is 7.31. The van der Waals surface area contributed by atoms with Gasteiger partial charge in [0.15, 0.2) is 0 Å². The first-order valence-electron chi connectivity index (χ1n) is 5.50. The molecule has 1 rings (SSSR count). The van der Waals surface area contributed by atoms with Crippen LogP contribution in [0.15, 0.2) is 18.2 Å². The molecule has 0 aliphatic carbocycles. The molecule has 0 atom stereocenters. The average Bonchev–Trinajstić information content (AvgIpc) is 2.29. The van der Waals surface area contributed by atoms with Crippen LogP contribution in [0.5, 0.6) is 0 Å². The van der Waals surface area contributed by atoms with Crippen molar-refractivity contribution in [2.75, 3.05) is 23.4 Å². The van der Waals surface area contributed by atoms with E-state index in [4.69, 9.17) is 5.84 Å². The highest BCUT2D eigenvalue weighted by Gasteiger charge is 2.05. The standard InChI is InChI=1S/C11H20N4/c1-3-8-15(9-4-2)11-7-5-6-10(13-11)14-12/h5-7H,3-4,8-9,12H2,1-2H3,(H,13,14). The highest BCUT2D eigenvalue weighted by molar-refractivity contribution is 5.46. The van der Waals surface area contributed by atoms with Crippen molar-refractivity contribution in [2.45, 2.75) is 26.7 Å². The molecule has 0 saturated heterocycles. The maximum atomic E-state index is 5.34. The van der Waals surface area contributed by atoms with Gasteiger partial charge in [-0.05, 0) is 25.0 Å². The van der Waals surface area contributed by atoms with Crippen LogP contribution in [0.1, 0.15) is 26.7 Å². The number of anilines is 2. The van der Waals surface area contributed by atoms with Gasteiger partial charge >= 0.3 is 0 Å². The van der Waals surface area contributed by atoms with E-state index in [0.717, 1.165) is 31.7 Å². The zero-order valence-electron chi connectivity index (χ0n) is 9.53. The highest BCUT2D eigenvalue weighted by Crippen LogP contribution is 2.14. The number of nitrogens with one attached hydrogen (secondary N) is 1. The largest absolute Gasteiger partial charge is 0.357 e. The zero-order valence-corrected chi connectivity index (χ0v) is 9.53. The number of nitrogens with two attached hydrogens (primary N) is 1. The Labute approximate surface area is 91.5 Å². The van der Waals surface area contributed by atoms with Crippen LogP contribution in [0, 0.1) is 0 Å². The van der Waals surface area contributed by atoms with Crippen LogP contribution in [0.2, 0.25) is 0 Å². The molecule has 1 aromatic heterocycles. The molecular weight excluding hydrogens is 188 g/mol. The first-order valence-corrected chi connectivity index (χ1v) is 5.50. The third-order valence-electron chi connectivity index (χ3n) is 2.19. The van der Waals surface area contributed by atoms with E-state index >= 15 is 0 Å². The van der Waals surface area contributed by atoms with Crippen LogP contribution < -0.4 is 16.2 Å². The second-order valence-corrected chi connectivity index (χ2v) is 3.51. The quantitative estimate of drug-likeness (QED) is 0.554. The topological polar surface area (TPSA) is 54.2 Å². The van der Waals surface area contributed by atoms with E-state index in [1.54, 1.807) is 0 Å². The Morgan fingerprint density at radius 1 is 1.27 bits per heavy atom. The third kappa shape index (κ3) is 3.40. The molecule has 1 aromatic rings. The van der Waals surface area contributed by atoms with Crippen LogP contribution in [0.3, 0.4) is 0 Å². The third-order valence-corrected chi connectivity index (χ3v) is 2.19. The molecule has 0 fully saturated rings. The van der Waals surface area contributed by atoms with Crippen molar-refractivity contribution in [3.63, 3.8) is 0 Å². The van der Waals surface area contributed by atoms with Crippen LogP contribution in [0.25, 0.3) is 0 Å².